The van der Waals surface area contributed by atoms with E-state index in [0.29, 0.717) is 6.04 Å². The predicted octanol–water partition coefficient (Wildman–Crippen LogP) is -0.179. The Morgan fingerprint density at radius 3 is 3.00 bits per heavy atom. The summed E-state index contributed by atoms with van der Waals surface area (Å²) in [4.78, 5) is 14.3. The zero-order valence-electron chi connectivity index (χ0n) is 11.7. The van der Waals surface area contributed by atoms with E-state index in [1.165, 1.54) is 0 Å². The summed E-state index contributed by atoms with van der Waals surface area (Å²) in [5.41, 5.74) is -0.245. The van der Waals surface area contributed by atoms with Crippen LogP contribution in [0.25, 0.3) is 0 Å². The summed E-state index contributed by atoms with van der Waals surface area (Å²) < 4.78 is 5.80. The van der Waals surface area contributed by atoms with E-state index in [4.69, 9.17) is 4.74 Å². The van der Waals surface area contributed by atoms with Crippen LogP contribution >= 0.6 is 0 Å². The van der Waals surface area contributed by atoms with Crippen molar-refractivity contribution in [1.29, 1.82) is 0 Å². The molecule has 0 radical (unpaired) electrons. The molecular weight excluding hydrogens is 230 g/mol. The number of morpholine rings is 1. The van der Waals surface area contributed by atoms with E-state index in [1.54, 1.807) is 7.05 Å². The fourth-order valence-corrected chi connectivity index (χ4v) is 2.96. The molecule has 3 unspecified atom stereocenters. The molecule has 2 aliphatic heterocycles. The fraction of sp³-hybridized carbons (Fsp3) is 0.923. The van der Waals surface area contributed by atoms with Crippen LogP contribution in [0.3, 0.4) is 0 Å². The van der Waals surface area contributed by atoms with E-state index in [1.807, 2.05) is 0 Å². The lowest BCUT2D eigenvalue weighted by Crippen LogP contribution is -2.51. The van der Waals surface area contributed by atoms with Crippen molar-refractivity contribution in [2.24, 2.45) is 5.41 Å². The van der Waals surface area contributed by atoms with Gasteiger partial charge in [0.25, 0.3) is 0 Å². The highest BCUT2D eigenvalue weighted by atomic mass is 16.5. The first-order valence-electron chi connectivity index (χ1n) is 6.85. The first-order chi connectivity index (χ1) is 8.57. The molecule has 0 aromatic heterocycles. The lowest BCUT2D eigenvalue weighted by molar-refractivity contribution is -0.129. The Balaban J connectivity index is 1.93. The third-order valence-corrected chi connectivity index (χ3v) is 4.35. The zero-order chi connectivity index (χ0) is 13.2. The quantitative estimate of drug-likeness (QED) is 0.735. The minimum Gasteiger partial charge on any atom is -0.374 e. The van der Waals surface area contributed by atoms with Gasteiger partial charge in [0.2, 0.25) is 5.91 Å². The molecule has 0 spiro atoms. The van der Waals surface area contributed by atoms with Gasteiger partial charge in [-0.1, -0.05) is 0 Å². The smallest absolute Gasteiger partial charge is 0.227 e. The molecule has 5 nitrogen and oxygen atoms in total. The Hall–Kier alpha value is -0.650. The molecular formula is C13H25N3O2. The molecule has 0 aliphatic carbocycles. The Bertz CT molecular complexity index is 305. The topological polar surface area (TPSA) is 53.6 Å². The van der Waals surface area contributed by atoms with E-state index in [2.05, 4.69) is 29.4 Å². The van der Waals surface area contributed by atoms with Crippen LogP contribution in [-0.4, -0.2) is 62.8 Å². The minimum absolute atomic E-state index is 0.153. The predicted molar refractivity (Wildman–Crippen MR) is 70.4 cm³/mol. The van der Waals surface area contributed by atoms with Gasteiger partial charge >= 0.3 is 0 Å². The monoisotopic (exact) mass is 255 g/mol. The number of likely N-dealkylation sites (tertiary alicyclic amines) is 1. The van der Waals surface area contributed by atoms with Gasteiger partial charge in [-0.25, -0.2) is 0 Å². The van der Waals surface area contributed by atoms with E-state index < -0.39 is 0 Å². The van der Waals surface area contributed by atoms with Gasteiger partial charge in [-0.2, -0.15) is 0 Å². The molecule has 5 heteroatoms. The maximum Gasteiger partial charge on any atom is 0.227 e. The standard InChI is InChI=1S/C13H25N3O2/c1-10(11-8-15-5-7-18-11)16-6-4-13(2,9-16)12(17)14-3/h10-11,15H,4-9H2,1-3H3,(H,14,17). The van der Waals surface area contributed by atoms with Gasteiger partial charge in [-0.05, 0) is 26.8 Å². The highest BCUT2D eigenvalue weighted by molar-refractivity contribution is 5.82. The second kappa shape index (κ2) is 5.55. The van der Waals surface area contributed by atoms with Crippen LogP contribution in [0.4, 0.5) is 0 Å². The number of ether oxygens (including phenoxy) is 1. The van der Waals surface area contributed by atoms with E-state index in [0.717, 1.165) is 39.2 Å². The molecule has 2 fully saturated rings. The SMILES string of the molecule is CNC(=O)C1(C)CCN(C(C)C2CNCCO2)C1. The van der Waals surface area contributed by atoms with Gasteiger partial charge in [0, 0.05) is 32.7 Å². The highest BCUT2D eigenvalue weighted by Crippen LogP contribution is 2.32. The lowest BCUT2D eigenvalue weighted by Gasteiger charge is -2.35. The van der Waals surface area contributed by atoms with Crippen LogP contribution in [0.2, 0.25) is 0 Å². The van der Waals surface area contributed by atoms with Crippen molar-refractivity contribution in [1.82, 2.24) is 15.5 Å². The van der Waals surface area contributed by atoms with Crippen LogP contribution in [0.5, 0.6) is 0 Å². The Kier molecular flexibility index (Phi) is 4.25. The molecule has 0 aromatic rings. The molecule has 0 saturated carbocycles. The lowest BCUT2D eigenvalue weighted by atomic mass is 9.89. The Labute approximate surface area is 109 Å². The van der Waals surface area contributed by atoms with Crippen molar-refractivity contribution in [3.05, 3.63) is 0 Å². The van der Waals surface area contributed by atoms with E-state index in [9.17, 15) is 4.79 Å². The number of rotatable bonds is 3. The summed E-state index contributed by atoms with van der Waals surface area (Å²) in [6.07, 6.45) is 1.17. The molecule has 3 atom stereocenters. The molecule has 2 heterocycles. The molecule has 18 heavy (non-hydrogen) atoms. The number of amides is 1. The van der Waals surface area contributed by atoms with Crippen molar-refractivity contribution in [3.63, 3.8) is 0 Å². The van der Waals surface area contributed by atoms with Crippen LogP contribution in [0.1, 0.15) is 20.3 Å². The summed E-state index contributed by atoms with van der Waals surface area (Å²) in [5.74, 6) is 0.153. The molecule has 2 aliphatic rings. The number of hydrogen-bond acceptors (Lipinski definition) is 4. The van der Waals surface area contributed by atoms with Crippen molar-refractivity contribution in [2.75, 3.05) is 39.8 Å². The largest absolute Gasteiger partial charge is 0.374 e. The molecule has 0 aromatic carbocycles. The maximum atomic E-state index is 11.9. The zero-order valence-corrected chi connectivity index (χ0v) is 11.7. The second-order valence-corrected chi connectivity index (χ2v) is 5.71. The van der Waals surface area contributed by atoms with Gasteiger partial charge in [0.1, 0.15) is 0 Å². The van der Waals surface area contributed by atoms with Crippen LogP contribution in [0.15, 0.2) is 0 Å². The number of nitrogens with zero attached hydrogens (tertiary/aromatic N) is 1. The first kappa shape index (κ1) is 13.8. The van der Waals surface area contributed by atoms with Crippen molar-refractivity contribution in [2.45, 2.75) is 32.4 Å². The summed E-state index contributed by atoms with van der Waals surface area (Å²) in [7, 11) is 1.72. The number of carbonyl (C=O) groups excluding carboxylic acids is 1. The molecule has 104 valence electrons. The second-order valence-electron chi connectivity index (χ2n) is 5.71. The fourth-order valence-electron chi connectivity index (χ4n) is 2.96. The molecule has 2 rings (SSSR count). The third kappa shape index (κ3) is 2.68. The number of nitrogens with one attached hydrogen (secondary N) is 2. The highest BCUT2D eigenvalue weighted by Gasteiger charge is 2.42. The van der Waals surface area contributed by atoms with Crippen LogP contribution < -0.4 is 10.6 Å². The third-order valence-electron chi connectivity index (χ3n) is 4.35. The first-order valence-corrected chi connectivity index (χ1v) is 6.85. The Morgan fingerprint density at radius 1 is 1.61 bits per heavy atom. The summed E-state index contributed by atoms with van der Waals surface area (Å²) >= 11 is 0. The van der Waals surface area contributed by atoms with E-state index in [-0.39, 0.29) is 17.4 Å². The molecule has 2 saturated heterocycles. The molecule has 1 amide bonds. The number of hydrogen-bond donors (Lipinski definition) is 2. The summed E-state index contributed by atoms with van der Waals surface area (Å²) in [6, 6.07) is 0.365. The van der Waals surface area contributed by atoms with Gasteiger partial charge in [0.15, 0.2) is 0 Å². The van der Waals surface area contributed by atoms with Crippen LogP contribution in [-0.2, 0) is 9.53 Å². The van der Waals surface area contributed by atoms with Crippen molar-refractivity contribution < 1.29 is 9.53 Å². The maximum absolute atomic E-state index is 11.9. The van der Waals surface area contributed by atoms with Gasteiger partial charge in [0.05, 0.1) is 18.1 Å². The summed E-state index contributed by atoms with van der Waals surface area (Å²) in [5, 5.41) is 6.14. The van der Waals surface area contributed by atoms with E-state index >= 15 is 0 Å². The summed E-state index contributed by atoms with van der Waals surface area (Å²) in [6.45, 7) is 8.70. The average molecular weight is 255 g/mol. The van der Waals surface area contributed by atoms with Crippen molar-refractivity contribution >= 4 is 5.91 Å². The van der Waals surface area contributed by atoms with Crippen LogP contribution in [0, 0.1) is 5.41 Å². The molecule has 2 N–H and O–H groups in total. The minimum atomic E-state index is -0.245. The normalized spacial score (nSPS) is 35.4. The number of carbonyl (C=O) groups is 1. The van der Waals surface area contributed by atoms with Gasteiger partial charge < -0.3 is 15.4 Å². The van der Waals surface area contributed by atoms with Gasteiger partial charge in [-0.3, -0.25) is 9.69 Å². The van der Waals surface area contributed by atoms with Gasteiger partial charge in [-0.15, -0.1) is 0 Å². The molecule has 0 bridgehead atoms. The Morgan fingerprint density at radius 2 is 2.39 bits per heavy atom. The van der Waals surface area contributed by atoms with Crippen molar-refractivity contribution in [3.8, 4) is 0 Å². The average Bonchev–Trinajstić information content (AvgIpc) is 2.82.